The molecule has 0 atom stereocenters. The van der Waals surface area contributed by atoms with Crippen LogP contribution in [0.3, 0.4) is 0 Å². The van der Waals surface area contributed by atoms with E-state index in [1.165, 1.54) is 96.4 Å². The fourth-order valence-electron chi connectivity index (χ4n) is 2.78. The van der Waals surface area contributed by atoms with Crippen molar-refractivity contribution in [1.82, 2.24) is 0 Å². The van der Waals surface area contributed by atoms with Crippen LogP contribution >= 0.6 is 0 Å². The predicted molar refractivity (Wildman–Crippen MR) is 95.3 cm³/mol. The van der Waals surface area contributed by atoms with Crippen LogP contribution in [0.2, 0.25) is 0 Å². The Morgan fingerprint density at radius 1 is 0.600 bits per heavy atom. The van der Waals surface area contributed by atoms with E-state index in [-0.39, 0.29) is 0 Å². The van der Waals surface area contributed by atoms with Gasteiger partial charge in [0.15, 0.2) is 0 Å². The summed E-state index contributed by atoms with van der Waals surface area (Å²) in [5.74, 6) is 0. The van der Waals surface area contributed by atoms with Crippen molar-refractivity contribution in [3.63, 3.8) is 0 Å². The molecule has 5 nitrogen and oxygen atoms in total. The van der Waals surface area contributed by atoms with Crippen molar-refractivity contribution < 1.29 is 34.5 Å². The van der Waals surface area contributed by atoms with Crippen molar-refractivity contribution in [2.24, 2.45) is 0 Å². The van der Waals surface area contributed by atoms with Crippen LogP contribution in [0.5, 0.6) is 0 Å². The van der Waals surface area contributed by atoms with Gasteiger partial charge in [-0.15, -0.1) is 0 Å². The summed E-state index contributed by atoms with van der Waals surface area (Å²) in [6, 6.07) is 0. The first-order valence-electron chi connectivity index (χ1n) is 9.98. The van der Waals surface area contributed by atoms with E-state index in [1.807, 2.05) is 0 Å². The zero-order chi connectivity index (χ0) is 19.6. The third-order valence-electron chi connectivity index (χ3n) is 4.18. The standard InChI is InChI=1S/C19H42N.4O.Re/c1-5-6-7-8-9-10-11-12-13-14-15-16-17-18-19-20(2,3)4;;;;;/h5-19H2,1-4H3;;;;;/q+1;;;;-1;. The molecule has 0 aromatic rings. The predicted octanol–water partition coefficient (Wildman–Crippen LogP) is 4.63. The van der Waals surface area contributed by atoms with Crippen LogP contribution in [0, 0.1) is 0 Å². The van der Waals surface area contributed by atoms with E-state index in [0.29, 0.717) is 0 Å². The molecule has 0 aliphatic heterocycles. The van der Waals surface area contributed by atoms with Gasteiger partial charge in [0, 0.05) is 0 Å². The first-order chi connectivity index (χ1) is 11.6. The first-order valence-corrected chi connectivity index (χ1v) is 14.4. The Morgan fingerprint density at radius 2 is 0.840 bits per heavy atom. The van der Waals surface area contributed by atoms with E-state index in [1.54, 1.807) is 0 Å². The second kappa shape index (κ2) is 17.4. The molecule has 0 spiro atoms. The molecule has 0 unspecified atom stereocenters. The van der Waals surface area contributed by atoms with Crippen LogP contribution < -0.4 is 3.83 Å². The van der Waals surface area contributed by atoms with Gasteiger partial charge in [-0.1, -0.05) is 84.0 Å². The second-order valence-electron chi connectivity index (χ2n) is 7.99. The molecular formula is C19H42NO4Re. The summed E-state index contributed by atoms with van der Waals surface area (Å²) in [6.07, 6.45) is 20.4. The minimum absolute atomic E-state index is 1.12. The van der Waals surface area contributed by atoms with Gasteiger partial charge in [0.1, 0.15) is 0 Å². The summed E-state index contributed by atoms with van der Waals surface area (Å²) in [6.45, 7) is 3.63. The van der Waals surface area contributed by atoms with Crippen LogP contribution in [0.15, 0.2) is 0 Å². The van der Waals surface area contributed by atoms with E-state index in [4.69, 9.17) is 14.2 Å². The average Bonchev–Trinajstić information content (AvgIpc) is 2.45. The van der Waals surface area contributed by atoms with Crippen molar-refractivity contribution in [3.05, 3.63) is 0 Å². The molecule has 0 aliphatic rings. The molecule has 0 aliphatic carbocycles. The van der Waals surface area contributed by atoms with Crippen molar-refractivity contribution in [2.75, 3.05) is 27.7 Å². The molecular weight excluding hydrogens is 492 g/mol. The second-order valence-corrected chi connectivity index (χ2v) is 10.7. The van der Waals surface area contributed by atoms with Gasteiger partial charge in [-0.25, -0.2) is 0 Å². The first kappa shape index (κ1) is 27.2. The molecule has 0 saturated heterocycles. The summed E-state index contributed by atoms with van der Waals surface area (Å²) in [4.78, 5) is 0. The Balaban J connectivity index is 0. The summed E-state index contributed by atoms with van der Waals surface area (Å²) in [5.41, 5.74) is 0. The quantitative estimate of drug-likeness (QED) is 0.227. The third-order valence-corrected chi connectivity index (χ3v) is 4.18. The van der Waals surface area contributed by atoms with Crippen LogP contribution in [0.25, 0.3) is 0 Å². The SMILES string of the molecule is CCCCCCCCCCCCCCCC[N+](C)(C)C.[O]=[Re](=[O])(=[O])[O-]. The number of rotatable bonds is 15. The molecule has 0 heterocycles. The Morgan fingerprint density at radius 3 is 1.08 bits per heavy atom. The van der Waals surface area contributed by atoms with Crippen LogP contribution in [0.1, 0.15) is 96.8 Å². The molecule has 0 radical (unpaired) electrons. The molecule has 154 valence electrons. The Labute approximate surface area is 159 Å². The van der Waals surface area contributed by atoms with E-state index >= 15 is 0 Å². The summed E-state index contributed by atoms with van der Waals surface area (Å²) >= 11 is -6.11. The molecule has 0 saturated carbocycles. The van der Waals surface area contributed by atoms with Crippen molar-refractivity contribution in [2.45, 2.75) is 96.8 Å². The summed E-state index contributed by atoms with van der Waals surface area (Å²) < 4.78 is 35.7. The number of quaternary nitrogens is 1. The molecule has 0 fully saturated rings. The zero-order valence-corrected chi connectivity index (χ0v) is 19.8. The van der Waals surface area contributed by atoms with Crippen LogP contribution in [-0.4, -0.2) is 32.2 Å². The van der Waals surface area contributed by atoms with Gasteiger partial charge in [0.25, 0.3) is 0 Å². The number of nitrogens with zero attached hydrogens (tertiary/aromatic N) is 1. The normalized spacial score (nSPS) is 11.9. The van der Waals surface area contributed by atoms with E-state index in [0.717, 1.165) is 4.48 Å². The van der Waals surface area contributed by atoms with Gasteiger partial charge in [-0.05, 0) is 12.8 Å². The van der Waals surface area contributed by atoms with Gasteiger partial charge in [0.2, 0.25) is 0 Å². The maximum absolute atomic E-state index is 8.64. The van der Waals surface area contributed by atoms with Gasteiger partial charge in [-0.2, -0.15) is 0 Å². The van der Waals surface area contributed by atoms with Crippen molar-refractivity contribution in [1.29, 1.82) is 0 Å². The van der Waals surface area contributed by atoms with Gasteiger partial charge >= 0.3 is 30.0 Å². The minimum atomic E-state index is -6.11. The Bertz CT molecular complexity index is 408. The number of unbranched alkanes of at least 4 members (excludes halogenated alkanes) is 13. The number of hydrogen-bond donors (Lipinski definition) is 0. The molecule has 0 bridgehead atoms. The van der Waals surface area contributed by atoms with E-state index < -0.39 is 15.8 Å². The van der Waals surface area contributed by atoms with Gasteiger partial charge < -0.3 is 4.48 Å². The molecule has 0 aromatic heterocycles. The summed E-state index contributed by atoms with van der Waals surface area (Å²) in [7, 11) is 6.88. The van der Waals surface area contributed by atoms with Gasteiger partial charge in [-0.3, -0.25) is 0 Å². The topological polar surface area (TPSA) is 74.3 Å². The molecule has 0 amide bonds. The fraction of sp³-hybridized carbons (Fsp3) is 1.00. The van der Waals surface area contributed by atoms with Crippen molar-refractivity contribution in [3.8, 4) is 0 Å². The number of hydrogen-bond acceptors (Lipinski definition) is 4. The Hall–Kier alpha value is -0.0177. The molecule has 0 aromatic carbocycles. The van der Waals surface area contributed by atoms with Gasteiger partial charge in [0.05, 0.1) is 27.7 Å². The van der Waals surface area contributed by atoms with E-state index in [2.05, 4.69) is 28.1 Å². The molecule has 6 heteroatoms. The Kier molecular flexibility index (Phi) is 18.9. The van der Waals surface area contributed by atoms with Crippen molar-refractivity contribution >= 4 is 0 Å². The zero-order valence-electron chi connectivity index (χ0n) is 17.1. The molecule has 25 heavy (non-hydrogen) atoms. The van der Waals surface area contributed by atoms with Crippen LogP contribution in [-0.2, 0) is 26.2 Å². The summed E-state index contributed by atoms with van der Waals surface area (Å²) in [5, 5.41) is 0. The fourth-order valence-corrected chi connectivity index (χ4v) is 2.78. The molecule has 0 N–H and O–H groups in total. The monoisotopic (exact) mass is 535 g/mol. The maximum atomic E-state index is 8.64. The third kappa shape index (κ3) is 40.2. The molecule has 0 rings (SSSR count). The van der Waals surface area contributed by atoms with E-state index in [9.17, 15) is 0 Å². The van der Waals surface area contributed by atoms with Crippen LogP contribution in [0.4, 0.5) is 0 Å². The average molecular weight is 535 g/mol.